The molecule has 0 bridgehead atoms. The van der Waals surface area contributed by atoms with Gasteiger partial charge in [-0.05, 0) is 38.1 Å². The number of benzene rings is 1. The van der Waals surface area contributed by atoms with Crippen LogP contribution in [0.3, 0.4) is 0 Å². The molecule has 0 radical (unpaired) electrons. The van der Waals surface area contributed by atoms with Crippen molar-refractivity contribution in [3.8, 4) is 34.7 Å². The first-order valence-electron chi connectivity index (χ1n) is 11.9. The molecule has 5 rings (SSSR count). The number of hydrogen-bond acceptors (Lipinski definition) is 10. The van der Waals surface area contributed by atoms with Gasteiger partial charge in [-0.2, -0.15) is 5.10 Å². The molecule has 0 saturated heterocycles. The van der Waals surface area contributed by atoms with E-state index in [4.69, 9.17) is 18.6 Å². The van der Waals surface area contributed by atoms with Crippen LogP contribution in [-0.2, 0) is 16.6 Å². The zero-order chi connectivity index (χ0) is 27.0. The Labute approximate surface area is 219 Å². The molecule has 13 nitrogen and oxygen atoms in total. The number of para-hydroxylation sites is 1. The van der Waals surface area contributed by atoms with Crippen LogP contribution in [0.5, 0.6) is 17.4 Å². The minimum Gasteiger partial charge on any atom is -0.494 e. The van der Waals surface area contributed by atoms with Crippen molar-refractivity contribution >= 4 is 16.0 Å². The zero-order valence-electron chi connectivity index (χ0n) is 21.3. The maximum absolute atomic E-state index is 13.5. The molecule has 0 saturated carbocycles. The van der Waals surface area contributed by atoms with E-state index in [1.807, 2.05) is 0 Å². The van der Waals surface area contributed by atoms with E-state index in [9.17, 15) is 13.5 Å². The Balaban J connectivity index is 1.55. The van der Waals surface area contributed by atoms with Crippen molar-refractivity contribution in [2.24, 2.45) is 0 Å². The smallest absolute Gasteiger partial charge is 0.243 e. The van der Waals surface area contributed by atoms with Gasteiger partial charge in [-0.15, -0.1) is 10.2 Å². The molecule has 4 heterocycles. The minimum atomic E-state index is -4.22. The van der Waals surface area contributed by atoms with Crippen LogP contribution in [-0.4, -0.2) is 64.1 Å². The number of sulfonamides is 1. The zero-order valence-corrected chi connectivity index (χ0v) is 22.1. The van der Waals surface area contributed by atoms with Gasteiger partial charge in [0.2, 0.25) is 27.7 Å². The van der Waals surface area contributed by atoms with Crippen molar-refractivity contribution in [2.45, 2.75) is 38.2 Å². The molecule has 0 unspecified atom stereocenters. The molecule has 1 aliphatic heterocycles. The monoisotopic (exact) mass is 544 g/mol. The fourth-order valence-electron chi connectivity index (χ4n) is 4.19. The Morgan fingerprint density at radius 3 is 2.50 bits per heavy atom. The average molecular weight is 545 g/mol. The summed E-state index contributed by atoms with van der Waals surface area (Å²) >= 11 is 0. The fraction of sp³-hybridized carbons (Fsp3) is 0.375. The number of nitrogens with zero attached hydrogens (tertiary/aromatic N) is 5. The van der Waals surface area contributed by atoms with Gasteiger partial charge in [0, 0.05) is 19.0 Å². The normalized spacial score (nSPS) is 14.9. The standard InChI is InChI=1S/C24H28N6O7S/c1-14-9-10-19(37-14)23-25-26-24(30(23)21-17(34-3)7-5-8-18(21)35-4)28-38(32,33)15(2)22(31)16-13-20-29(27-16)11-6-12-36-20/h5,7-10,13,15,22,31H,6,11-12H2,1-4H3,(H,26,28)/t15-,22-/m1/s1. The molecule has 0 fully saturated rings. The minimum absolute atomic E-state index is 0.150. The molecular formula is C24H28N6O7S. The average Bonchev–Trinajstić information content (AvgIpc) is 3.65. The Hall–Kier alpha value is -4.04. The number of furan rings is 1. The summed E-state index contributed by atoms with van der Waals surface area (Å²) in [5.74, 6) is 2.30. The molecule has 0 spiro atoms. The summed E-state index contributed by atoms with van der Waals surface area (Å²) in [5.41, 5.74) is 0.552. The molecule has 2 atom stereocenters. The number of ether oxygens (including phenoxy) is 3. The van der Waals surface area contributed by atoms with Crippen LogP contribution in [0, 0.1) is 6.92 Å². The van der Waals surface area contributed by atoms with Crippen molar-refractivity contribution in [3.05, 3.63) is 47.9 Å². The molecular weight excluding hydrogens is 516 g/mol. The third-order valence-corrected chi connectivity index (χ3v) is 7.95. The van der Waals surface area contributed by atoms with Gasteiger partial charge < -0.3 is 23.7 Å². The summed E-state index contributed by atoms with van der Waals surface area (Å²) in [5, 5.41) is 22.3. The highest BCUT2D eigenvalue weighted by atomic mass is 32.2. The molecule has 2 N–H and O–H groups in total. The van der Waals surface area contributed by atoms with Gasteiger partial charge >= 0.3 is 0 Å². The number of nitrogens with one attached hydrogen (secondary N) is 1. The third kappa shape index (κ3) is 4.56. The summed E-state index contributed by atoms with van der Waals surface area (Å²) in [7, 11) is -1.26. The Morgan fingerprint density at radius 1 is 1.13 bits per heavy atom. The van der Waals surface area contributed by atoms with Gasteiger partial charge in [-0.25, -0.2) is 13.1 Å². The Bertz CT molecular complexity index is 1510. The van der Waals surface area contributed by atoms with Crippen LogP contribution in [0.1, 0.15) is 30.9 Å². The number of hydrogen-bond donors (Lipinski definition) is 2. The summed E-state index contributed by atoms with van der Waals surface area (Å²) in [4.78, 5) is 0. The van der Waals surface area contributed by atoms with Crippen LogP contribution in [0.25, 0.3) is 17.3 Å². The van der Waals surface area contributed by atoms with Gasteiger partial charge in [-0.1, -0.05) is 6.07 Å². The second-order valence-corrected chi connectivity index (χ2v) is 10.8. The van der Waals surface area contributed by atoms with Crippen molar-refractivity contribution in [1.82, 2.24) is 24.5 Å². The number of fused-ring (bicyclic) bond motifs is 1. The van der Waals surface area contributed by atoms with E-state index in [1.54, 1.807) is 48.0 Å². The number of aliphatic hydroxyl groups excluding tert-OH is 1. The number of anilines is 1. The number of aromatic nitrogens is 5. The van der Waals surface area contributed by atoms with Crippen LogP contribution in [0.15, 0.2) is 40.8 Å². The van der Waals surface area contributed by atoms with Gasteiger partial charge in [0.1, 0.15) is 34.3 Å². The van der Waals surface area contributed by atoms with E-state index in [-0.39, 0.29) is 17.5 Å². The van der Waals surface area contributed by atoms with E-state index in [2.05, 4.69) is 20.0 Å². The topological polar surface area (TPSA) is 156 Å². The highest BCUT2D eigenvalue weighted by molar-refractivity contribution is 7.93. The molecule has 14 heteroatoms. The summed E-state index contributed by atoms with van der Waals surface area (Å²) in [6, 6.07) is 10.1. The first-order valence-corrected chi connectivity index (χ1v) is 13.4. The van der Waals surface area contributed by atoms with E-state index in [0.29, 0.717) is 47.7 Å². The van der Waals surface area contributed by atoms with Crippen molar-refractivity contribution < 1.29 is 32.2 Å². The molecule has 0 aliphatic carbocycles. The molecule has 4 aromatic rings. The number of rotatable bonds is 9. The van der Waals surface area contributed by atoms with Gasteiger partial charge in [0.25, 0.3) is 0 Å². The van der Waals surface area contributed by atoms with Crippen LogP contribution < -0.4 is 18.9 Å². The van der Waals surface area contributed by atoms with Crippen molar-refractivity contribution in [2.75, 3.05) is 25.5 Å². The second kappa shape index (κ2) is 10.0. The Morgan fingerprint density at radius 2 is 1.87 bits per heavy atom. The van der Waals surface area contributed by atoms with E-state index in [1.165, 1.54) is 25.7 Å². The highest BCUT2D eigenvalue weighted by Crippen LogP contribution is 2.38. The molecule has 0 amide bonds. The van der Waals surface area contributed by atoms with Crippen LogP contribution in [0.2, 0.25) is 0 Å². The summed E-state index contributed by atoms with van der Waals surface area (Å²) in [6.45, 7) is 4.32. The SMILES string of the molecule is COc1cccc(OC)c1-n1c(NS(=O)(=O)[C@H](C)[C@@H](O)c2cc3n(n2)CCCO3)nnc1-c1ccc(C)o1. The lowest BCUT2D eigenvalue weighted by Crippen LogP contribution is -2.32. The number of aryl methyl sites for hydroxylation is 2. The largest absolute Gasteiger partial charge is 0.494 e. The number of methoxy groups -OCH3 is 2. The first-order chi connectivity index (χ1) is 18.2. The summed E-state index contributed by atoms with van der Waals surface area (Å²) < 4.78 is 54.9. The number of aliphatic hydroxyl groups is 1. The van der Waals surface area contributed by atoms with Crippen molar-refractivity contribution in [1.29, 1.82) is 0 Å². The molecule has 1 aliphatic rings. The molecule has 38 heavy (non-hydrogen) atoms. The van der Waals surface area contributed by atoms with E-state index >= 15 is 0 Å². The quantitative estimate of drug-likeness (QED) is 0.321. The van der Waals surface area contributed by atoms with Gasteiger partial charge in [0.05, 0.1) is 26.5 Å². The van der Waals surface area contributed by atoms with Gasteiger partial charge in [0.15, 0.2) is 5.76 Å². The summed E-state index contributed by atoms with van der Waals surface area (Å²) in [6.07, 6.45) is -0.655. The van der Waals surface area contributed by atoms with Crippen LogP contribution in [0.4, 0.5) is 5.95 Å². The van der Waals surface area contributed by atoms with E-state index < -0.39 is 21.4 Å². The van der Waals surface area contributed by atoms with Crippen LogP contribution >= 0.6 is 0 Å². The maximum atomic E-state index is 13.5. The Kier molecular flexibility index (Phi) is 6.75. The third-order valence-electron chi connectivity index (χ3n) is 6.25. The molecule has 1 aromatic carbocycles. The first kappa shape index (κ1) is 25.6. The molecule has 3 aromatic heterocycles. The fourth-order valence-corrected chi connectivity index (χ4v) is 5.24. The predicted molar refractivity (Wildman–Crippen MR) is 136 cm³/mol. The van der Waals surface area contributed by atoms with Crippen molar-refractivity contribution in [3.63, 3.8) is 0 Å². The predicted octanol–water partition coefficient (Wildman–Crippen LogP) is 2.70. The maximum Gasteiger partial charge on any atom is 0.243 e. The van der Waals surface area contributed by atoms with Gasteiger partial charge in [-0.3, -0.25) is 9.29 Å². The lowest BCUT2D eigenvalue weighted by molar-refractivity contribution is 0.170. The lowest BCUT2D eigenvalue weighted by atomic mass is 10.2. The van der Waals surface area contributed by atoms with E-state index in [0.717, 1.165) is 6.42 Å². The molecule has 202 valence electrons. The second-order valence-electron chi connectivity index (χ2n) is 8.73. The highest BCUT2D eigenvalue weighted by Gasteiger charge is 2.34. The lowest BCUT2D eigenvalue weighted by Gasteiger charge is -2.20.